The van der Waals surface area contributed by atoms with Crippen molar-refractivity contribution < 1.29 is 4.79 Å². The van der Waals surface area contributed by atoms with Crippen molar-refractivity contribution in [2.24, 2.45) is 0 Å². The van der Waals surface area contributed by atoms with Gasteiger partial charge in [0.1, 0.15) is 0 Å². The van der Waals surface area contributed by atoms with Gasteiger partial charge in [0.2, 0.25) is 0 Å². The lowest BCUT2D eigenvalue weighted by atomic mass is 9.92. The van der Waals surface area contributed by atoms with E-state index in [4.69, 9.17) is 11.6 Å². The Balaban J connectivity index is 1.82. The van der Waals surface area contributed by atoms with Crippen LogP contribution in [0.2, 0.25) is 5.02 Å². The zero-order chi connectivity index (χ0) is 20.1. The number of rotatable bonds is 5. The van der Waals surface area contributed by atoms with Crippen molar-refractivity contribution in [1.82, 2.24) is 0 Å². The van der Waals surface area contributed by atoms with Crippen LogP contribution in [0, 0.1) is 11.3 Å². The van der Waals surface area contributed by atoms with E-state index in [1.165, 1.54) is 0 Å². The maximum absolute atomic E-state index is 12.6. The summed E-state index contributed by atoms with van der Waals surface area (Å²) in [5.74, 6) is -0.678. The third-order valence-electron chi connectivity index (χ3n) is 4.46. The molecule has 0 radical (unpaired) electrons. The maximum atomic E-state index is 12.6. The van der Waals surface area contributed by atoms with Crippen LogP contribution in [0.3, 0.4) is 0 Å². The number of nitrogens with zero attached hydrogens (tertiary/aromatic N) is 2. The molecular formula is C23H20ClN3O. The molecule has 0 aromatic heterocycles. The summed E-state index contributed by atoms with van der Waals surface area (Å²) in [5, 5.41) is 12.9. The minimum Gasteiger partial charge on any atom is -0.378 e. The fourth-order valence-electron chi connectivity index (χ4n) is 2.94. The van der Waals surface area contributed by atoms with Gasteiger partial charge in [-0.05, 0) is 41.5 Å². The Morgan fingerprint density at radius 2 is 1.79 bits per heavy atom. The van der Waals surface area contributed by atoms with Gasteiger partial charge in [0.05, 0.1) is 12.0 Å². The maximum Gasteiger partial charge on any atom is 0.255 e. The molecule has 1 atom stereocenters. The van der Waals surface area contributed by atoms with Gasteiger partial charge < -0.3 is 10.2 Å². The summed E-state index contributed by atoms with van der Waals surface area (Å²) in [5.41, 5.74) is 3.68. The normalized spacial score (nSPS) is 11.4. The number of anilines is 2. The third-order valence-corrected chi connectivity index (χ3v) is 4.78. The van der Waals surface area contributed by atoms with Gasteiger partial charge in [-0.1, -0.05) is 54.1 Å². The first-order valence-corrected chi connectivity index (χ1v) is 9.20. The molecule has 5 heteroatoms. The molecule has 3 aromatic carbocycles. The summed E-state index contributed by atoms with van der Waals surface area (Å²) < 4.78 is 0. The standard InChI is InChI=1S/C23H20ClN3O/c1-27(2)19-10-6-9-17(13-19)23(28)26-18-11-12-20(22(24)14-18)21(15-25)16-7-4-3-5-8-16/h3-14,21H,1-2H3,(H,26,28). The Labute approximate surface area is 170 Å². The molecule has 0 saturated carbocycles. The monoisotopic (exact) mass is 389 g/mol. The van der Waals surface area contributed by atoms with Crippen molar-refractivity contribution >= 4 is 28.9 Å². The number of carbonyl (C=O) groups excluding carboxylic acids is 1. The highest BCUT2D eigenvalue weighted by Gasteiger charge is 2.17. The number of halogens is 1. The molecule has 28 heavy (non-hydrogen) atoms. The van der Waals surface area contributed by atoms with Gasteiger partial charge >= 0.3 is 0 Å². The molecule has 3 aromatic rings. The van der Waals surface area contributed by atoms with Crippen LogP contribution in [0.25, 0.3) is 0 Å². The molecule has 1 unspecified atom stereocenters. The lowest BCUT2D eigenvalue weighted by Crippen LogP contribution is -2.14. The molecule has 0 fully saturated rings. The first-order chi connectivity index (χ1) is 13.5. The van der Waals surface area contributed by atoms with E-state index in [-0.39, 0.29) is 5.91 Å². The molecule has 0 bridgehead atoms. The van der Waals surface area contributed by atoms with Crippen molar-refractivity contribution in [1.29, 1.82) is 5.26 Å². The van der Waals surface area contributed by atoms with Crippen molar-refractivity contribution in [3.8, 4) is 6.07 Å². The number of nitriles is 1. The van der Waals surface area contributed by atoms with Crippen molar-refractivity contribution in [3.05, 3.63) is 94.5 Å². The molecule has 0 aliphatic heterocycles. The third kappa shape index (κ3) is 4.33. The highest BCUT2D eigenvalue weighted by molar-refractivity contribution is 6.32. The molecule has 0 saturated heterocycles. The van der Waals surface area contributed by atoms with E-state index in [0.29, 0.717) is 21.8 Å². The average molecular weight is 390 g/mol. The lowest BCUT2D eigenvalue weighted by Gasteiger charge is -2.15. The minimum atomic E-state index is -0.463. The van der Waals surface area contributed by atoms with Gasteiger partial charge in [0, 0.05) is 36.1 Å². The van der Waals surface area contributed by atoms with E-state index in [9.17, 15) is 10.1 Å². The molecule has 1 N–H and O–H groups in total. The second-order valence-corrected chi connectivity index (χ2v) is 7.02. The zero-order valence-corrected chi connectivity index (χ0v) is 16.4. The van der Waals surface area contributed by atoms with Crippen LogP contribution in [-0.4, -0.2) is 20.0 Å². The van der Waals surface area contributed by atoms with Gasteiger partial charge in [0.15, 0.2) is 0 Å². The van der Waals surface area contributed by atoms with E-state index in [1.54, 1.807) is 24.3 Å². The van der Waals surface area contributed by atoms with Crippen molar-refractivity contribution in [2.75, 3.05) is 24.3 Å². The Kier molecular flexibility index (Phi) is 5.98. The number of hydrogen-bond donors (Lipinski definition) is 1. The van der Waals surface area contributed by atoms with Gasteiger partial charge in [-0.2, -0.15) is 5.26 Å². The summed E-state index contributed by atoms with van der Waals surface area (Å²) in [6.45, 7) is 0. The SMILES string of the molecule is CN(C)c1cccc(C(=O)Nc2ccc(C(C#N)c3ccccc3)c(Cl)c2)c1. The van der Waals surface area contributed by atoms with E-state index in [0.717, 1.165) is 11.3 Å². The van der Waals surface area contributed by atoms with E-state index in [2.05, 4.69) is 11.4 Å². The second-order valence-electron chi connectivity index (χ2n) is 6.61. The summed E-state index contributed by atoms with van der Waals surface area (Å²) >= 11 is 6.44. The number of amides is 1. The largest absolute Gasteiger partial charge is 0.378 e. The second kappa shape index (κ2) is 8.60. The van der Waals surface area contributed by atoms with Crippen LogP contribution in [0.4, 0.5) is 11.4 Å². The predicted molar refractivity (Wildman–Crippen MR) is 114 cm³/mol. The van der Waals surface area contributed by atoms with Crippen LogP contribution in [-0.2, 0) is 0 Å². The van der Waals surface area contributed by atoms with Gasteiger partial charge in [0.25, 0.3) is 5.91 Å². The summed E-state index contributed by atoms with van der Waals surface area (Å²) in [7, 11) is 3.85. The molecule has 0 aliphatic carbocycles. The molecule has 0 aliphatic rings. The topological polar surface area (TPSA) is 56.1 Å². The summed E-state index contributed by atoms with van der Waals surface area (Å²) in [6, 6.07) is 24.4. The van der Waals surface area contributed by atoms with Crippen LogP contribution >= 0.6 is 11.6 Å². The number of nitrogens with one attached hydrogen (secondary N) is 1. The van der Waals surface area contributed by atoms with Crippen molar-refractivity contribution in [2.45, 2.75) is 5.92 Å². The quantitative estimate of drug-likeness (QED) is 0.643. The number of hydrogen-bond acceptors (Lipinski definition) is 3. The molecule has 1 amide bonds. The van der Waals surface area contributed by atoms with Gasteiger partial charge in [-0.15, -0.1) is 0 Å². The predicted octanol–water partition coefficient (Wildman–Crippen LogP) is 5.31. The molecule has 0 heterocycles. The van der Waals surface area contributed by atoms with Gasteiger partial charge in [-0.3, -0.25) is 4.79 Å². The van der Waals surface area contributed by atoms with Crippen molar-refractivity contribution in [3.63, 3.8) is 0 Å². The molecular weight excluding hydrogens is 370 g/mol. The first kappa shape index (κ1) is 19.5. The fraction of sp³-hybridized carbons (Fsp3) is 0.130. The number of carbonyl (C=O) groups is 1. The molecule has 4 nitrogen and oxygen atoms in total. The molecule has 0 spiro atoms. The fourth-order valence-corrected chi connectivity index (χ4v) is 3.23. The van der Waals surface area contributed by atoms with E-state index >= 15 is 0 Å². The number of benzene rings is 3. The Morgan fingerprint density at radius 3 is 2.43 bits per heavy atom. The van der Waals surface area contributed by atoms with Crippen LogP contribution in [0.15, 0.2) is 72.8 Å². The highest BCUT2D eigenvalue weighted by atomic mass is 35.5. The Morgan fingerprint density at radius 1 is 1.04 bits per heavy atom. The molecule has 3 rings (SSSR count). The van der Waals surface area contributed by atoms with Gasteiger partial charge in [-0.25, -0.2) is 0 Å². The Hall–Kier alpha value is -3.29. The summed E-state index contributed by atoms with van der Waals surface area (Å²) in [6.07, 6.45) is 0. The van der Waals surface area contributed by atoms with Crippen LogP contribution < -0.4 is 10.2 Å². The minimum absolute atomic E-state index is 0.215. The van der Waals surface area contributed by atoms with Crippen LogP contribution in [0.1, 0.15) is 27.4 Å². The van der Waals surface area contributed by atoms with E-state index < -0.39 is 5.92 Å². The molecule has 140 valence electrons. The lowest BCUT2D eigenvalue weighted by molar-refractivity contribution is 0.102. The first-order valence-electron chi connectivity index (χ1n) is 8.82. The summed E-state index contributed by atoms with van der Waals surface area (Å²) in [4.78, 5) is 14.5. The van der Waals surface area contributed by atoms with E-state index in [1.807, 2.05) is 67.5 Å². The smallest absolute Gasteiger partial charge is 0.255 e. The van der Waals surface area contributed by atoms with Crippen LogP contribution in [0.5, 0.6) is 0 Å². The Bertz CT molecular complexity index is 1030. The highest BCUT2D eigenvalue weighted by Crippen LogP contribution is 2.32. The average Bonchev–Trinajstić information content (AvgIpc) is 2.71. The zero-order valence-electron chi connectivity index (χ0n) is 15.7.